The molecule has 4 rings (SSSR count). The molecule has 6 heteroatoms. The minimum atomic E-state index is -0.145. The average Bonchev–Trinajstić information content (AvgIpc) is 3.35. The molecule has 1 aliphatic heterocycles. The number of carbonyl (C=O) groups excluding carboxylic acids is 1. The van der Waals surface area contributed by atoms with Gasteiger partial charge >= 0.3 is 0 Å². The predicted octanol–water partition coefficient (Wildman–Crippen LogP) is 3.89. The number of thiophene rings is 1. The average molecular weight is 339 g/mol. The van der Waals surface area contributed by atoms with E-state index < -0.39 is 0 Å². The van der Waals surface area contributed by atoms with Gasteiger partial charge in [0.1, 0.15) is 0 Å². The van der Waals surface area contributed by atoms with E-state index in [-0.39, 0.29) is 11.8 Å². The van der Waals surface area contributed by atoms with Crippen molar-refractivity contribution >= 4 is 22.9 Å². The van der Waals surface area contributed by atoms with Crippen LogP contribution in [-0.2, 0) is 4.74 Å². The maximum Gasteiger partial charge on any atom is 0.259 e. The van der Waals surface area contributed by atoms with Gasteiger partial charge in [0.15, 0.2) is 0 Å². The molecule has 0 bridgehead atoms. The lowest BCUT2D eigenvalue weighted by atomic mass is 10.0. The van der Waals surface area contributed by atoms with Gasteiger partial charge in [-0.1, -0.05) is 12.1 Å². The van der Waals surface area contributed by atoms with Gasteiger partial charge in [0.2, 0.25) is 0 Å². The Bertz CT molecular complexity index is 818. The molecule has 5 nitrogen and oxygen atoms in total. The van der Waals surface area contributed by atoms with Gasteiger partial charge in [0.25, 0.3) is 5.91 Å². The third-order valence-corrected chi connectivity index (χ3v) is 4.93. The van der Waals surface area contributed by atoms with Gasteiger partial charge in [-0.2, -0.15) is 16.4 Å². The monoisotopic (exact) mass is 339 g/mol. The van der Waals surface area contributed by atoms with E-state index in [1.165, 1.54) is 5.56 Å². The van der Waals surface area contributed by atoms with Gasteiger partial charge < -0.3 is 10.1 Å². The molecular formula is C18H17N3O2S. The summed E-state index contributed by atoms with van der Waals surface area (Å²) in [5.74, 6) is 0.0724. The number of nitrogens with one attached hydrogen (secondary N) is 2. The van der Waals surface area contributed by atoms with E-state index in [4.69, 9.17) is 4.74 Å². The van der Waals surface area contributed by atoms with Crippen LogP contribution in [0.1, 0.15) is 28.4 Å². The summed E-state index contributed by atoms with van der Waals surface area (Å²) in [6.07, 6.45) is 2.50. The Morgan fingerprint density at radius 2 is 2.12 bits per heavy atom. The minimum absolute atomic E-state index is 0.145. The summed E-state index contributed by atoms with van der Waals surface area (Å²) in [7, 11) is 0. The molecule has 3 heterocycles. The van der Waals surface area contributed by atoms with E-state index >= 15 is 0 Å². The third-order valence-electron chi connectivity index (χ3n) is 4.25. The van der Waals surface area contributed by atoms with Gasteiger partial charge in [-0.15, -0.1) is 0 Å². The van der Waals surface area contributed by atoms with Crippen LogP contribution < -0.4 is 5.32 Å². The van der Waals surface area contributed by atoms with Crippen molar-refractivity contribution in [1.29, 1.82) is 0 Å². The molecule has 1 atom stereocenters. The minimum Gasteiger partial charge on any atom is -0.381 e. The number of ether oxygens (including phenoxy) is 1. The number of hydrogen-bond acceptors (Lipinski definition) is 4. The van der Waals surface area contributed by atoms with Crippen molar-refractivity contribution in [2.75, 3.05) is 18.5 Å². The fourth-order valence-corrected chi connectivity index (χ4v) is 3.59. The number of aromatic amines is 1. The maximum atomic E-state index is 12.6. The lowest BCUT2D eigenvalue weighted by molar-refractivity contribution is 0.102. The second-order valence-corrected chi connectivity index (χ2v) is 6.58. The zero-order chi connectivity index (χ0) is 16.4. The van der Waals surface area contributed by atoms with Gasteiger partial charge in [-0.05, 0) is 46.5 Å². The number of nitrogens with zero attached hydrogens (tertiary/aromatic N) is 1. The van der Waals surface area contributed by atoms with E-state index in [0.29, 0.717) is 12.2 Å². The summed E-state index contributed by atoms with van der Waals surface area (Å²) in [6.45, 7) is 1.37. The zero-order valence-corrected chi connectivity index (χ0v) is 13.8. The Morgan fingerprint density at radius 1 is 1.25 bits per heavy atom. The highest BCUT2D eigenvalue weighted by atomic mass is 32.1. The number of rotatable bonds is 4. The molecule has 3 aromatic rings. The standard InChI is InChI=1S/C18H17N3O2S/c22-18(16-9-19-21-17(16)13-5-7-23-10-13)20-15-3-1-12(2-4-15)14-6-8-24-11-14/h1-4,6,8-9,11,13H,5,7,10H2,(H,19,21)(H,20,22). The first kappa shape index (κ1) is 15.1. The molecule has 0 spiro atoms. The first-order valence-corrected chi connectivity index (χ1v) is 8.80. The molecule has 0 saturated carbocycles. The molecule has 1 saturated heterocycles. The SMILES string of the molecule is O=C(Nc1ccc(-c2ccsc2)cc1)c1cn[nH]c1C1CCOC1. The number of H-pyrrole nitrogens is 1. The molecule has 24 heavy (non-hydrogen) atoms. The third kappa shape index (κ3) is 2.98. The fraction of sp³-hybridized carbons (Fsp3) is 0.222. The quantitative estimate of drug-likeness (QED) is 0.758. The molecule has 1 aliphatic rings. The van der Waals surface area contributed by atoms with Crippen LogP contribution in [0.4, 0.5) is 5.69 Å². The van der Waals surface area contributed by atoms with Crippen molar-refractivity contribution in [3.05, 3.63) is 58.5 Å². The summed E-state index contributed by atoms with van der Waals surface area (Å²) >= 11 is 1.67. The lowest BCUT2D eigenvalue weighted by Crippen LogP contribution is -2.15. The van der Waals surface area contributed by atoms with Crippen molar-refractivity contribution in [1.82, 2.24) is 10.2 Å². The Balaban J connectivity index is 1.49. The maximum absolute atomic E-state index is 12.6. The molecular weight excluding hydrogens is 322 g/mol. The van der Waals surface area contributed by atoms with Gasteiger partial charge in [-0.3, -0.25) is 9.89 Å². The van der Waals surface area contributed by atoms with Crippen molar-refractivity contribution in [2.24, 2.45) is 0 Å². The first-order chi connectivity index (χ1) is 11.8. The normalized spacial score (nSPS) is 17.1. The fourth-order valence-electron chi connectivity index (χ4n) is 2.92. The molecule has 2 N–H and O–H groups in total. The van der Waals surface area contributed by atoms with Crippen molar-refractivity contribution in [3.8, 4) is 11.1 Å². The van der Waals surface area contributed by atoms with Crippen LogP contribution in [0.25, 0.3) is 11.1 Å². The van der Waals surface area contributed by atoms with Crippen LogP contribution in [0.15, 0.2) is 47.3 Å². The molecule has 0 radical (unpaired) electrons. The van der Waals surface area contributed by atoms with E-state index in [0.717, 1.165) is 30.0 Å². The summed E-state index contributed by atoms with van der Waals surface area (Å²) in [6, 6.07) is 9.95. The molecule has 0 aliphatic carbocycles. The van der Waals surface area contributed by atoms with Gasteiger partial charge in [0.05, 0.1) is 24.1 Å². The Kier molecular flexibility index (Phi) is 4.15. The van der Waals surface area contributed by atoms with E-state index in [9.17, 15) is 4.79 Å². The number of aromatic nitrogens is 2. The second kappa shape index (κ2) is 6.59. The molecule has 1 aromatic carbocycles. The number of anilines is 1. The Labute approximate surface area is 143 Å². The lowest BCUT2D eigenvalue weighted by Gasteiger charge is -2.09. The van der Waals surface area contributed by atoms with Crippen molar-refractivity contribution < 1.29 is 9.53 Å². The van der Waals surface area contributed by atoms with E-state index in [1.54, 1.807) is 17.5 Å². The Hall–Kier alpha value is -2.44. The largest absolute Gasteiger partial charge is 0.381 e. The number of hydrogen-bond donors (Lipinski definition) is 2. The van der Waals surface area contributed by atoms with Crippen molar-refractivity contribution in [2.45, 2.75) is 12.3 Å². The van der Waals surface area contributed by atoms with Crippen molar-refractivity contribution in [3.63, 3.8) is 0 Å². The van der Waals surface area contributed by atoms with Gasteiger partial charge in [-0.25, -0.2) is 0 Å². The highest BCUT2D eigenvalue weighted by Gasteiger charge is 2.25. The topological polar surface area (TPSA) is 67.0 Å². The number of carbonyl (C=O) groups is 1. The molecule has 1 fully saturated rings. The highest BCUT2D eigenvalue weighted by molar-refractivity contribution is 7.08. The zero-order valence-electron chi connectivity index (χ0n) is 13.0. The molecule has 2 aromatic heterocycles. The molecule has 122 valence electrons. The molecule has 1 amide bonds. The first-order valence-electron chi connectivity index (χ1n) is 7.86. The van der Waals surface area contributed by atoms with Crippen LogP contribution in [0, 0.1) is 0 Å². The van der Waals surface area contributed by atoms with Crippen LogP contribution in [0.2, 0.25) is 0 Å². The van der Waals surface area contributed by atoms with E-state index in [1.807, 2.05) is 24.3 Å². The number of benzene rings is 1. The van der Waals surface area contributed by atoms with Crippen LogP contribution >= 0.6 is 11.3 Å². The van der Waals surface area contributed by atoms with Crippen LogP contribution in [-0.4, -0.2) is 29.3 Å². The number of amides is 1. The Morgan fingerprint density at radius 3 is 2.83 bits per heavy atom. The van der Waals surface area contributed by atoms with Crippen LogP contribution in [0.3, 0.4) is 0 Å². The molecule has 1 unspecified atom stereocenters. The predicted molar refractivity (Wildman–Crippen MR) is 94.5 cm³/mol. The smallest absolute Gasteiger partial charge is 0.259 e. The van der Waals surface area contributed by atoms with E-state index in [2.05, 4.69) is 32.3 Å². The van der Waals surface area contributed by atoms with Gasteiger partial charge in [0, 0.05) is 18.2 Å². The summed E-state index contributed by atoms with van der Waals surface area (Å²) in [4.78, 5) is 12.6. The summed E-state index contributed by atoms with van der Waals surface area (Å²) in [5.41, 5.74) is 4.55. The van der Waals surface area contributed by atoms with Crippen LogP contribution in [0.5, 0.6) is 0 Å². The summed E-state index contributed by atoms with van der Waals surface area (Å²) < 4.78 is 5.40. The highest BCUT2D eigenvalue weighted by Crippen LogP contribution is 2.27. The summed E-state index contributed by atoms with van der Waals surface area (Å²) in [5, 5.41) is 14.1. The second-order valence-electron chi connectivity index (χ2n) is 5.80.